The first-order valence-electron chi connectivity index (χ1n) is 6.68. The van der Waals surface area contributed by atoms with Crippen LogP contribution < -0.4 is 17.0 Å². The Hall–Kier alpha value is -3.06. The molecule has 4 N–H and O–H groups in total. The zero-order valence-corrected chi connectivity index (χ0v) is 11.7. The molecule has 0 atom stereocenters. The molecule has 0 radical (unpaired) electrons. The number of pyridine rings is 1. The van der Waals surface area contributed by atoms with Gasteiger partial charge in [0, 0.05) is 18.0 Å². The normalized spacial score (nSPS) is 14.0. The van der Waals surface area contributed by atoms with Crippen LogP contribution in [0.15, 0.2) is 64.8 Å². The van der Waals surface area contributed by atoms with Crippen LogP contribution in [0.4, 0.5) is 5.95 Å². The fourth-order valence-electron chi connectivity index (χ4n) is 2.11. The first kappa shape index (κ1) is 13.9. The van der Waals surface area contributed by atoms with Gasteiger partial charge in [0.25, 0.3) is 0 Å². The first-order chi connectivity index (χ1) is 10.7. The fourth-order valence-corrected chi connectivity index (χ4v) is 2.11. The summed E-state index contributed by atoms with van der Waals surface area (Å²) in [6.45, 7) is 0. The average molecular weight is 294 g/mol. The third kappa shape index (κ3) is 3.15. The molecule has 2 aromatic heterocycles. The number of hydrazine groups is 1. The Morgan fingerprint density at radius 1 is 1.09 bits per heavy atom. The van der Waals surface area contributed by atoms with E-state index in [1.807, 2.05) is 0 Å². The van der Waals surface area contributed by atoms with Gasteiger partial charge < -0.3 is 0 Å². The first-order valence-corrected chi connectivity index (χ1v) is 6.68. The van der Waals surface area contributed by atoms with Gasteiger partial charge in [0.15, 0.2) is 0 Å². The maximum atomic E-state index is 11.1. The molecule has 2 heterocycles. The minimum absolute atomic E-state index is 0.0746. The molecule has 2 aliphatic rings. The number of nitrogens with two attached hydrogens (primary N) is 1. The van der Waals surface area contributed by atoms with E-state index in [1.54, 1.807) is 24.5 Å². The summed E-state index contributed by atoms with van der Waals surface area (Å²) in [5, 5.41) is 0. The number of nitrogen functional groups attached to an aromatic ring is 1. The van der Waals surface area contributed by atoms with Gasteiger partial charge in [-0.05, 0) is 29.7 Å². The molecule has 7 nitrogen and oxygen atoms in total. The lowest BCUT2D eigenvalue weighted by Crippen LogP contribution is -2.19. The third-order valence-corrected chi connectivity index (χ3v) is 3.16. The van der Waals surface area contributed by atoms with Crippen LogP contribution >= 0.6 is 0 Å². The molecule has 0 aliphatic heterocycles. The molecular formula is C15H14N6O. The van der Waals surface area contributed by atoms with Crippen molar-refractivity contribution in [3.63, 3.8) is 0 Å². The van der Waals surface area contributed by atoms with Gasteiger partial charge in [-0.3, -0.25) is 15.4 Å². The maximum Gasteiger partial charge on any atom is 0.349 e. The smallest absolute Gasteiger partial charge is 0.292 e. The van der Waals surface area contributed by atoms with E-state index in [2.05, 4.69) is 49.7 Å². The topological polar surface area (TPSA) is 110 Å². The van der Waals surface area contributed by atoms with Crippen LogP contribution in [-0.4, -0.2) is 19.9 Å². The highest BCUT2D eigenvalue weighted by Gasteiger charge is 2.07. The molecule has 7 heteroatoms. The number of H-pyrrole nitrogens is 1. The maximum absolute atomic E-state index is 11.1. The predicted octanol–water partition coefficient (Wildman–Crippen LogP) is 1.33. The number of allylic oxidation sites excluding steroid dienone is 6. The van der Waals surface area contributed by atoms with E-state index in [0.717, 1.165) is 5.56 Å². The van der Waals surface area contributed by atoms with E-state index in [1.165, 1.54) is 17.6 Å². The standard InChI is InChI=1S/C8H8N6O.C7H6/c9-14-7-11-6(12-8(15)13-7)5-1-3-10-4-2-5;1-2-7-4-3-6(1)5-7/h1-4H,9H2,(H2,11,12,13,14,15);1-4H,5H2. The number of fused-ring (bicyclic) bond motifs is 2. The number of hydrogen-bond donors (Lipinski definition) is 3. The predicted molar refractivity (Wildman–Crippen MR) is 83.6 cm³/mol. The lowest BCUT2D eigenvalue weighted by Gasteiger charge is -2.01. The molecule has 4 rings (SSSR count). The van der Waals surface area contributed by atoms with Gasteiger partial charge in [-0.15, -0.1) is 0 Å². The Morgan fingerprint density at radius 2 is 1.77 bits per heavy atom. The van der Waals surface area contributed by atoms with Crippen molar-refractivity contribution in [2.45, 2.75) is 6.42 Å². The molecule has 0 saturated carbocycles. The Bertz CT molecular complexity index is 799. The largest absolute Gasteiger partial charge is 0.349 e. The van der Waals surface area contributed by atoms with Gasteiger partial charge in [-0.25, -0.2) is 10.6 Å². The summed E-state index contributed by atoms with van der Waals surface area (Å²) in [4.78, 5) is 25.0. The molecule has 0 unspecified atom stereocenters. The Labute approximate surface area is 126 Å². The van der Waals surface area contributed by atoms with E-state index in [0.29, 0.717) is 5.82 Å². The molecule has 22 heavy (non-hydrogen) atoms. The van der Waals surface area contributed by atoms with Crippen molar-refractivity contribution < 1.29 is 0 Å². The van der Waals surface area contributed by atoms with E-state index in [9.17, 15) is 4.79 Å². The number of rotatable bonds is 2. The third-order valence-electron chi connectivity index (χ3n) is 3.16. The minimum atomic E-state index is -0.509. The number of nitrogens with zero attached hydrogens (tertiary/aromatic N) is 3. The van der Waals surface area contributed by atoms with Crippen molar-refractivity contribution in [3.8, 4) is 11.4 Å². The SMILES string of the molecule is C1=CC2=CC=C1C2.NNc1nc(-c2ccncc2)[nH]c(=O)n1. The Balaban J connectivity index is 0.000000169. The van der Waals surface area contributed by atoms with Gasteiger partial charge in [-0.1, -0.05) is 24.3 Å². The highest BCUT2D eigenvalue weighted by atomic mass is 16.1. The number of anilines is 1. The summed E-state index contributed by atoms with van der Waals surface area (Å²) in [7, 11) is 0. The van der Waals surface area contributed by atoms with Crippen molar-refractivity contribution in [1.29, 1.82) is 0 Å². The van der Waals surface area contributed by atoms with Gasteiger partial charge in [0.05, 0.1) is 0 Å². The Kier molecular flexibility index (Phi) is 3.88. The fraction of sp³-hybridized carbons (Fsp3) is 0.0667. The van der Waals surface area contributed by atoms with Gasteiger partial charge in [0.2, 0.25) is 5.95 Å². The highest BCUT2D eigenvalue weighted by molar-refractivity contribution is 5.54. The second kappa shape index (κ2) is 6.15. The molecule has 2 aromatic rings. The van der Waals surface area contributed by atoms with Crippen LogP contribution in [0.2, 0.25) is 0 Å². The number of hydrogen-bond acceptors (Lipinski definition) is 6. The number of aromatic nitrogens is 4. The lowest BCUT2D eigenvalue weighted by atomic mass is 10.2. The van der Waals surface area contributed by atoms with Crippen molar-refractivity contribution >= 4 is 5.95 Å². The van der Waals surface area contributed by atoms with Crippen LogP contribution in [0.3, 0.4) is 0 Å². The van der Waals surface area contributed by atoms with Crippen molar-refractivity contribution in [2.24, 2.45) is 5.84 Å². The number of nitrogens with one attached hydrogen (secondary N) is 2. The molecule has 0 saturated heterocycles. The summed E-state index contributed by atoms with van der Waals surface area (Å²) < 4.78 is 0. The molecule has 2 aliphatic carbocycles. The minimum Gasteiger partial charge on any atom is -0.292 e. The molecular weight excluding hydrogens is 280 g/mol. The zero-order valence-electron chi connectivity index (χ0n) is 11.7. The zero-order chi connectivity index (χ0) is 15.4. The highest BCUT2D eigenvalue weighted by Crippen LogP contribution is 2.27. The average Bonchev–Trinajstić information content (AvgIpc) is 3.21. The lowest BCUT2D eigenvalue weighted by molar-refractivity contribution is 0.984. The summed E-state index contributed by atoms with van der Waals surface area (Å²) in [6.07, 6.45) is 13.1. The van der Waals surface area contributed by atoms with Crippen molar-refractivity contribution in [1.82, 2.24) is 19.9 Å². The van der Waals surface area contributed by atoms with Gasteiger partial charge in [0.1, 0.15) is 5.82 Å². The quantitative estimate of drug-likeness (QED) is 0.569. The van der Waals surface area contributed by atoms with Gasteiger partial charge >= 0.3 is 5.69 Å². The molecule has 110 valence electrons. The second-order valence-electron chi connectivity index (χ2n) is 4.70. The van der Waals surface area contributed by atoms with Crippen molar-refractivity contribution in [2.75, 3.05) is 5.43 Å². The molecule has 2 bridgehead atoms. The van der Waals surface area contributed by atoms with E-state index >= 15 is 0 Å². The Morgan fingerprint density at radius 3 is 2.27 bits per heavy atom. The van der Waals surface area contributed by atoms with Crippen LogP contribution in [-0.2, 0) is 0 Å². The summed E-state index contributed by atoms with van der Waals surface area (Å²) in [5.41, 5.74) is 5.38. The summed E-state index contributed by atoms with van der Waals surface area (Å²) in [5.74, 6) is 5.59. The van der Waals surface area contributed by atoms with Crippen LogP contribution in [0.1, 0.15) is 6.42 Å². The van der Waals surface area contributed by atoms with E-state index in [4.69, 9.17) is 5.84 Å². The molecule has 0 fully saturated rings. The van der Waals surface area contributed by atoms with Gasteiger partial charge in [-0.2, -0.15) is 9.97 Å². The van der Waals surface area contributed by atoms with Crippen LogP contribution in [0, 0.1) is 0 Å². The summed E-state index contributed by atoms with van der Waals surface area (Å²) in [6, 6.07) is 3.44. The molecule has 0 aromatic carbocycles. The monoisotopic (exact) mass is 294 g/mol. The van der Waals surface area contributed by atoms with E-state index in [-0.39, 0.29) is 5.95 Å². The van der Waals surface area contributed by atoms with E-state index < -0.39 is 5.69 Å². The molecule has 0 amide bonds. The summed E-state index contributed by atoms with van der Waals surface area (Å²) >= 11 is 0. The molecule has 0 spiro atoms. The van der Waals surface area contributed by atoms with Crippen LogP contribution in [0.25, 0.3) is 11.4 Å². The number of aromatic amines is 1. The van der Waals surface area contributed by atoms with Crippen molar-refractivity contribution in [3.05, 3.63) is 70.5 Å². The second-order valence-corrected chi connectivity index (χ2v) is 4.70. The van der Waals surface area contributed by atoms with Crippen LogP contribution in [0.5, 0.6) is 0 Å².